The van der Waals surface area contributed by atoms with E-state index >= 15 is 0 Å². The van der Waals surface area contributed by atoms with Gasteiger partial charge in [0.1, 0.15) is 17.7 Å². The molecule has 3 amide bonds. The molecule has 254 valence electrons. The summed E-state index contributed by atoms with van der Waals surface area (Å²) in [7, 11) is 0. The summed E-state index contributed by atoms with van der Waals surface area (Å²) >= 11 is 0. The van der Waals surface area contributed by atoms with Crippen LogP contribution in [0.5, 0.6) is 0 Å². The van der Waals surface area contributed by atoms with Gasteiger partial charge in [-0.15, -0.1) is 5.10 Å². The number of carbonyl (C=O) groups excluding carboxylic acids is 3. The number of primary amides is 1. The summed E-state index contributed by atoms with van der Waals surface area (Å²) in [6.07, 6.45) is -6.34. The predicted octanol–water partition coefficient (Wildman–Crippen LogP) is 3.21. The van der Waals surface area contributed by atoms with Gasteiger partial charge in [-0.25, -0.2) is 4.68 Å². The lowest BCUT2D eigenvalue weighted by atomic mass is 9.84. The minimum Gasteiger partial charge on any atom is -0.384 e. The molecule has 2 fully saturated rings. The van der Waals surface area contributed by atoms with Crippen LogP contribution in [0.4, 0.5) is 26.3 Å². The molecule has 1 saturated carbocycles. The van der Waals surface area contributed by atoms with Crippen molar-refractivity contribution in [1.82, 2.24) is 25.2 Å². The Morgan fingerprint density at radius 1 is 1.00 bits per heavy atom. The van der Waals surface area contributed by atoms with Crippen molar-refractivity contribution in [3.8, 4) is 0 Å². The van der Waals surface area contributed by atoms with Crippen molar-refractivity contribution in [2.75, 3.05) is 6.54 Å². The highest BCUT2D eigenvalue weighted by molar-refractivity contribution is 5.98. The lowest BCUT2D eigenvalue weighted by molar-refractivity contribution is -0.376. The van der Waals surface area contributed by atoms with E-state index < -0.39 is 65.0 Å². The van der Waals surface area contributed by atoms with Gasteiger partial charge in [0, 0.05) is 24.1 Å². The Morgan fingerprint density at radius 3 is 2.11 bits per heavy atom. The minimum atomic E-state index is -6.10. The van der Waals surface area contributed by atoms with E-state index in [1.165, 1.54) is 29.6 Å². The normalized spacial score (nSPS) is 20.9. The molecule has 0 bridgehead atoms. The monoisotopic (exact) mass is 662 g/mol. The lowest BCUT2D eigenvalue weighted by Gasteiger charge is -2.32. The molecule has 1 aromatic heterocycles. The van der Waals surface area contributed by atoms with Crippen molar-refractivity contribution < 1.29 is 50.9 Å². The number of carbonyl (C=O) groups is 3. The third kappa shape index (κ3) is 6.99. The molecule has 17 heteroatoms. The van der Waals surface area contributed by atoms with Gasteiger partial charge < -0.3 is 26.2 Å². The van der Waals surface area contributed by atoms with E-state index in [1.807, 2.05) is 0 Å². The number of halogens is 6. The third-order valence-corrected chi connectivity index (χ3v) is 8.72. The first kappa shape index (κ1) is 35.1. The van der Waals surface area contributed by atoms with E-state index in [4.69, 9.17) is 5.73 Å². The second-order valence-electron chi connectivity index (χ2n) is 12.5. The first-order valence-corrected chi connectivity index (χ1v) is 14.8. The zero-order valence-electron chi connectivity index (χ0n) is 25.1. The SMILES string of the molecule is CC(C)(O)c1cnnn1C1CC(C(N)=O)N(C(=O)[C@@H](CC2CCCCC2)NC(=O)c2ccc(C(O)(C(F)(F)F)C(F)(F)F)cc2)C1. The summed E-state index contributed by atoms with van der Waals surface area (Å²) in [6, 6.07) is -0.857. The first-order valence-electron chi connectivity index (χ1n) is 14.8. The predicted molar refractivity (Wildman–Crippen MR) is 149 cm³/mol. The van der Waals surface area contributed by atoms with Crippen LogP contribution in [0.25, 0.3) is 0 Å². The number of hydrogen-bond donors (Lipinski definition) is 4. The fourth-order valence-corrected chi connectivity index (χ4v) is 6.23. The Hall–Kier alpha value is -3.73. The van der Waals surface area contributed by atoms with Gasteiger partial charge in [0.25, 0.3) is 11.5 Å². The molecule has 2 aromatic rings. The van der Waals surface area contributed by atoms with Crippen LogP contribution < -0.4 is 11.1 Å². The number of nitrogens with one attached hydrogen (secondary N) is 1. The topological polar surface area (TPSA) is 164 Å². The van der Waals surface area contributed by atoms with Crippen molar-refractivity contribution in [3.05, 3.63) is 47.3 Å². The quantitative estimate of drug-likeness (QED) is 0.300. The highest BCUT2D eigenvalue weighted by atomic mass is 19.4. The first-order chi connectivity index (χ1) is 21.3. The second kappa shape index (κ2) is 12.8. The second-order valence-corrected chi connectivity index (χ2v) is 12.5. The molecule has 4 rings (SSSR count). The molecule has 5 N–H and O–H groups in total. The lowest BCUT2D eigenvalue weighted by Crippen LogP contribution is -2.54. The number of nitrogens with two attached hydrogens (primary N) is 1. The fourth-order valence-electron chi connectivity index (χ4n) is 6.23. The van der Waals surface area contributed by atoms with E-state index in [1.54, 1.807) is 0 Å². The van der Waals surface area contributed by atoms with E-state index in [0.717, 1.165) is 32.1 Å². The molecule has 1 aromatic carbocycles. The van der Waals surface area contributed by atoms with Crippen LogP contribution in [0, 0.1) is 5.92 Å². The Morgan fingerprint density at radius 2 is 1.59 bits per heavy atom. The average Bonchev–Trinajstić information content (AvgIpc) is 3.64. The number of nitrogens with zero attached hydrogens (tertiary/aromatic N) is 4. The van der Waals surface area contributed by atoms with E-state index in [0.29, 0.717) is 30.0 Å². The Balaban J connectivity index is 1.61. The molecule has 2 unspecified atom stereocenters. The molecule has 11 nitrogen and oxygen atoms in total. The number of benzene rings is 1. The number of likely N-dealkylation sites (tertiary alicyclic amines) is 1. The highest BCUT2D eigenvalue weighted by Gasteiger charge is 2.71. The van der Waals surface area contributed by atoms with Crippen molar-refractivity contribution >= 4 is 17.7 Å². The number of hydrogen-bond acceptors (Lipinski definition) is 7. The van der Waals surface area contributed by atoms with Crippen LogP contribution in [0.2, 0.25) is 0 Å². The highest BCUT2D eigenvalue weighted by Crippen LogP contribution is 2.50. The summed E-state index contributed by atoms with van der Waals surface area (Å²) in [4.78, 5) is 41.0. The van der Waals surface area contributed by atoms with Gasteiger partial charge in [-0.3, -0.25) is 14.4 Å². The van der Waals surface area contributed by atoms with E-state index in [9.17, 15) is 50.9 Å². The fraction of sp³-hybridized carbons (Fsp3) is 0.621. The van der Waals surface area contributed by atoms with Gasteiger partial charge >= 0.3 is 12.4 Å². The minimum absolute atomic E-state index is 0.0153. The Bertz CT molecular complexity index is 1400. The maximum Gasteiger partial charge on any atom is 0.430 e. The van der Waals surface area contributed by atoms with Crippen molar-refractivity contribution in [2.45, 2.75) is 100 Å². The van der Waals surface area contributed by atoms with Gasteiger partial charge in [0.05, 0.1) is 17.9 Å². The maximum absolute atomic E-state index is 14.0. The standard InChI is InChI=1S/C29H36F6N6O5/c1-26(2,45)22-14-37-39-41(22)19-13-21(23(36)42)40(15-19)25(44)20(12-16-6-4-3-5-7-16)38-24(43)17-8-10-18(11-9-17)27(46,28(30,31)32)29(33,34)35/h8-11,14,16,19-21,45-46H,3-7,12-13,15H2,1-2H3,(H2,36,42)(H,38,43)/t19?,20-,21?/m1/s1. The van der Waals surface area contributed by atoms with Gasteiger partial charge in [0.15, 0.2) is 0 Å². The molecule has 1 aliphatic heterocycles. The summed E-state index contributed by atoms with van der Waals surface area (Å²) in [5, 5.41) is 30.6. The molecule has 2 aliphatic rings. The summed E-state index contributed by atoms with van der Waals surface area (Å²) in [6.45, 7) is 2.96. The molecule has 3 atom stereocenters. The van der Waals surface area contributed by atoms with E-state index in [2.05, 4.69) is 15.6 Å². The van der Waals surface area contributed by atoms with Crippen LogP contribution in [-0.4, -0.2) is 78.8 Å². The molecular formula is C29H36F6N6O5. The number of aromatic nitrogens is 3. The van der Waals surface area contributed by atoms with Crippen molar-refractivity contribution in [3.63, 3.8) is 0 Å². The molecule has 46 heavy (non-hydrogen) atoms. The number of aliphatic hydroxyl groups is 2. The molecule has 0 radical (unpaired) electrons. The molecule has 2 heterocycles. The van der Waals surface area contributed by atoms with Crippen LogP contribution in [0.15, 0.2) is 30.5 Å². The van der Waals surface area contributed by atoms with Crippen LogP contribution in [-0.2, 0) is 20.8 Å². The zero-order valence-corrected chi connectivity index (χ0v) is 25.1. The maximum atomic E-state index is 14.0. The number of amides is 3. The largest absolute Gasteiger partial charge is 0.430 e. The van der Waals surface area contributed by atoms with Gasteiger partial charge in [-0.2, -0.15) is 26.3 Å². The Labute approximate surface area is 260 Å². The van der Waals surface area contributed by atoms with Crippen LogP contribution in [0.3, 0.4) is 0 Å². The van der Waals surface area contributed by atoms with Crippen LogP contribution in [0.1, 0.15) is 86.5 Å². The summed E-state index contributed by atoms with van der Waals surface area (Å²) in [5.41, 5.74) is -2.44. The van der Waals surface area contributed by atoms with Gasteiger partial charge in [0.2, 0.25) is 11.8 Å². The summed E-state index contributed by atoms with van der Waals surface area (Å²) < 4.78 is 81.3. The number of rotatable bonds is 9. The van der Waals surface area contributed by atoms with Crippen LogP contribution >= 0.6 is 0 Å². The average molecular weight is 663 g/mol. The molecular weight excluding hydrogens is 626 g/mol. The summed E-state index contributed by atoms with van der Waals surface area (Å²) in [5.74, 6) is -2.42. The number of alkyl halides is 6. The smallest absolute Gasteiger partial charge is 0.384 e. The molecule has 1 saturated heterocycles. The molecule has 0 spiro atoms. The van der Waals surface area contributed by atoms with E-state index in [-0.39, 0.29) is 30.9 Å². The molecule has 1 aliphatic carbocycles. The van der Waals surface area contributed by atoms with Crippen molar-refractivity contribution in [1.29, 1.82) is 0 Å². The Kier molecular flexibility index (Phi) is 9.79. The third-order valence-electron chi connectivity index (χ3n) is 8.72. The zero-order chi connectivity index (χ0) is 34.2. The van der Waals surface area contributed by atoms with Gasteiger partial charge in [-0.1, -0.05) is 49.5 Å². The van der Waals surface area contributed by atoms with Gasteiger partial charge in [-0.05, 0) is 38.3 Å². The van der Waals surface area contributed by atoms with Crippen molar-refractivity contribution in [2.24, 2.45) is 11.7 Å².